The fourth-order valence-corrected chi connectivity index (χ4v) is 5.48. The maximum atomic E-state index is 13.0. The molecule has 29 heavy (non-hydrogen) atoms. The molecule has 1 aliphatic heterocycles. The van der Waals surface area contributed by atoms with Gasteiger partial charge in [-0.1, -0.05) is 43.3 Å². The fourth-order valence-electron chi connectivity index (χ4n) is 4.72. The molecule has 0 radical (unpaired) electrons. The molecule has 4 heteroatoms. The average molecular weight is 410 g/mol. The number of nitrogens with zero attached hydrogens (tertiary/aromatic N) is 1. The van der Waals surface area contributed by atoms with Crippen LogP contribution in [0.15, 0.2) is 53.4 Å². The number of likely N-dealkylation sites (tertiary alicyclic amines) is 1. The largest absolute Gasteiger partial charge is 0.391 e. The Hall–Kier alpha value is -1.62. The molecule has 1 fully saturated rings. The predicted molar refractivity (Wildman–Crippen MR) is 120 cm³/mol. The normalized spacial score (nSPS) is 23.0. The summed E-state index contributed by atoms with van der Waals surface area (Å²) in [5.74, 6) is 1.50. The molecule has 1 N–H and O–H groups in total. The summed E-state index contributed by atoms with van der Waals surface area (Å²) in [5.41, 5.74) is 3.49. The molecule has 0 aromatic heterocycles. The van der Waals surface area contributed by atoms with Gasteiger partial charge in [-0.2, -0.15) is 0 Å². The van der Waals surface area contributed by atoms with E-state index >= 15 is 0 Å². The molecule has 1 heterocycles. The van der Waals surface area contributed by atoms with Gasteiger partial charge in [-0.15, -0.1) is 11.8 Å². The van der Waals surface area contributed by atoms with Crippen molar-refractivity contribution >= 4 is 17.5 Å². The molecule has 2 aromatic carbocycles. The number of ketones is 1. The Labute approximate surface area is 178 Å². The fraction of sp³-hybridized carbons (Fsp3) is 0.480. The Morgan fingerprint density at radius 1 is 1.03 bits per heavy atom. The first kappa shape index (κ1) is 20.6. The van der Waals surface area contributed by atoms with Crippen LogP contribution in [0.4, 0.5) is 0 Å². The van der Waals surface area contributed by atoms with Crippen LogP contribution in [-0.4, -0.2) is 46.8 Å². The van der Waals surface area contributed by atoms with Crippen molar-refractivity contribution in [2.75, 3.05) is 18.8 Å². The van der Waals surface area contributed by atoms with Crippen LogP contribution in [0, 0.1) is 5.92 Å². The summed E-state index contributed by atoms with van der Waals surface area (Å²) in [4.78, 5) is 16.6. The molecular weight excluding hydrogens is 378 g/mol. The van der Waals surface area contributed by atoms with Crippen molar-refractivity contribution in [1.29, 1.82) is 0 Å². The van der Waals surface area contributed by atoms with Crippen molar-refractivity contribution in [3.63, 3.8) is 0 Å². The van der Waals surface area contributed by atoms with Crippen molar-refractivity contribution in [3.8, 4) is 0 Å². The molecular formula is C25H31NO2S. The van der Waals surface area contributed by atoms with E-state index in [-0.39, 0.29) is 23.8 Å². The number of carbonyl (C=O) groups is 1. The van der Waals surface area contributed by atoms with E-state index in [1.807, 2.05) is 23.9 Å². The second-order valence-corrected chi connectivity index (χ2v) is 9.53. The lowest BCUT2D eigenvalue weighted by molar-refractivity contribution is 0.0239. The molecule has 2 atom stereocenters. The van der Waals surface area contributed by atoms with E-state index < -0.39 is 0 Å². The molecule has 154 valence electrons. The number of hydrogen-bond donors (Lipinski definition) is 1. The second kappa shape index (κ2) is 9.46. The summed E-state index contributed by atoms with van der Waals surface area (Å²) in [6.07, 6.45) is 4.26. The zero-order valence-electron chi connectivity index (χ0n) is 17.2. The summed E-state index contributed by atoms with van der Waals surface area (Å²) >= 11 is 1.85. The molecule has 2 aliphatic rings. The smallest absolute Gasteiger partial charge is 0.166 e. The number of thioether (sulfide) groups is 1. The van der Waals surface area contributed by atoms with Gasteiger partial charge in [0, 0.05) is 28.8 Å². The number of rotatable bonds is 6. The van der Waals surface area contributed by atoms with Crippen LogP contribution in [0.2, 0.25) is 0 Å². The predicted octanol–water partition coefficient (Wildman–Crippen LogP) is 4.61. The van der Waals surface area contributed by atoms with Gasteiger partial charge >= 0.3 is 0 Å². The maximum Gasteiger partial charge on any atom is 0.166 e. The SMILES string of the molecule is CCCSc1ccc(C(=O)C2CCN([C@@H]3Cc4ccccc4C[C@H]3O)CC2)cc1. The number of aliphatic hydroxyl groups excluding tert-OH is 1. The first-order chi connectivity index (χ1) is 14.2. The molecule has 1 saturated heterocycles. The molecule has 0 saturated carbocycles. The second-order valence-electron chi connectivity index (χ2n) is 8.36. The number of aliphatic hydroxyl groups is 1. The zero-order valence-corrected chi connectivity index (χ0v) is 18.0. The third kappa shape index (κ3) is 4.76. The maximum absolute atomic E-state index is 13.0. The van der Waals surface area contributed by atoms with Gasteiger partial charge in [0.15, 0.2) is 5.78 Å². The summed E-state index contributed by atoms with van der Waals surface area (Å²) in [5, 5.41) is 10.7. The highest BCUT2D eigenvalue weighted by Gasteiger charge is 2.35. The van der Waals surface area contributed by atoms with E-state index in [2.05, 4.69) is 48.2 Å². The van der Waals surface area contributed by atoms with Crippen LogP contribution < -0.4 is 0 Å². The summed E-state index contributed by atoms with van der Waals surface area (Å²) in [6.45, 7) is 3.97. The third-order valence-electron chi connectivity index (χ3n) is 6.40. The third-order valence-corrected chi connectivity index (χ3v) is 7.62. The monoisotopic (exact) mass is 409 g/mol. The van der Waals surface area contributed by atoms with Crippen LogP contribution in [0.3, 0.4) is 0 Å². The van der Waals surface area contributed by atoms with Gasteiger partial charge in [0.1, 0.15) is 0 Å². The van der Waals surface area contributed by atoms with Crippen LogP contribution in [0.25, 0.3) is 0 Å². The van der Waals surface area contributed by atoms with Gasteiger partial charge in [-0.3, -0.25) is 9.69 Å². The molecule has 0 unspecified atom stereocenters. The van der Waals surface area contributed by atoms with E-state index in [0.29, 0.717) is 0 Å². The molecule has 0 spiro atoms. The Kier molecular flexibility index (Phi) is 6.74. The topological polar surface area (TPSA) is 40.5 Å². The zero-order chi connectivity index (χ0) is 20.2. The van der Waals surface area contributed by atoms with Crippen molar-refractivity contribution in [1.82, 2.24) is 4.90 Å². The van der Waals surface area contributed by atoms with E-state index in [9.17, 15) is 9.90 Å². The minimum atomic E-state index is -0.315. The number of hydrogen-bond acceptors (Lipinski definition) is 4. The Morgan fingerprint density at radius 3 is 2.34 bits per heavy atom. The quantitative estimate of drug-likeness (QED) is 0.559. The number of carbonyl (C=O) groups excluding carboxylic acids is 1. The van der Waals surface area contributed by atoms with Crippen molar-refractivity contribution in [2.45, 2.75) is 56.1 Å². The molecule has 2 aromatic rings. The van der Waals surface area contributed by atoms with Crippen LogP contribution in [0.5, 0.6) is 0 Å². The first-order valence-corrected chi connectivity index (χ1v) is 11.9. The number of benzene rings is 2. The van der Waals surface area contributed by atoms with Gasteiger partial charge in [0.2, 0.25) is 0 Å². The van der Waals surface area contributed by atoms with Crippen LogP contribution in [-0.2, 0) is 12.8 Å². The first-order valence-electron chi connectivity index (χ1n) is 10.9. The average Bonchev–Trinajstić information content (AvgIpc) is 2.77. The van der Waals surface area contributed by atoms with Crippen molar-refractivity contribution in [3.05, 3.63) is 65.2 Å². The summed E-state index contributed by atoms with van der Waals surface area (Å²) in [7, 11) is 0. The highest BCUT2D eigenvalue weighted by molar-refractivity contribution is 7.99. The van der Waals surface area contributed by atoms with E-state index in [1.54, 1.807) is 0 Å². The van der Waals surface area contributed by atoms with Crippen molar-refractivity contribution < 1.29 is 9.90 Å². The Balaban J connectivity index is 1.34. The van der Waals surface area contributed by atoms with Gasteiger partial charge in [-0.25, -0.2) is 0 Å². The van der Waals surface area contributed by atoms with Crippen molar-refractivity contribution in [2.24, 2.45) is 5.92 Å². The molecule has 0 amide bonds. The van der Waals surface area contributed by atoms with Crippen LogP contribution in [0.1, 0.15) is 47.7 Å². The lowest BCUT2D eigenvalue weighted by atomic mass is 9.83. The molecule has 1 aliphatic carbocycles. The highest BCUT2D eigenvalue weighted by atomic mass is 32.2. The molecule has 4 rings (SSSR count). The van der Waals surface area contributed by atoms with Gasteiger partial charge in [0.05, 0.1) is 6.10 Å². The van der Waals surface area contributed by atoms with E-state index in [4.69, 9.17) is 0 Å². The lowest BCUT2D eigenvalue weighted by Gasteiger charge is -2.41. The van der Waals surface area contributed by atoms with Gasteiger partial charge in [-0.05, 0) is 67.8 Å². The molecule has 0 bridgehead atoms. The lowest BCUT2D eigenvalue weighted by Crippen LogP contribution is -2.51. The van der Waals surface area contributed by atoms with E-state index in [1.165, 1.54) is 16.0 Å². The van der Waals surface area contributed by atoms with Gasteiger partial charge in [0.25, 0.3) is 0 Å². The highest BCUT2D eigenvalue weighted by Crippen LogP contribution is 2.30. The Morgan fingerprint density at radius 2 is 1.69 bits per heavy atom. The van der Waals surface area contributed by atoms with E-state index in [0.717, 1.165) is 56.5 Å². The number of fused-ring (bicyclic) bond motifs is 1. The van der Waals surface area contributed by atoms with Gasteiger partial charge < -0.3 is 5.11 Å². The summed E-state index contributed by atoms with van der Waals surface area (Å²) in [6, 6.07) is 16.8. The summed E-state index contributed by atoms with van der Waals surface area (Å²) < 4.78 is 0. The molecule has 3 nitrogen and oxygen atoms in total. The minimum absolute atomic E-state index is 0.105. The number of piperidine rings is 1. The Bertz CT molecular complexity index is 827. The number of Topliss-reactive ketones (excluding diaryl/α,β-unsaturated/α-hetero) is 1. The minimum Gasteiger partial charge on any atom is -0.391 e. The van der Waals surface area contributed by atoms with Crippen LogP contribution >= 0.6 is 11.8 Å². The standard InChI is InChI=1S/C25H31NO2S/c1-2-15-29-22-9-7-18(8-10-22)25(28)19-11-13-26(14-12-19)23-16-20-5-3-4-6-21(20)17-24(23)27/h3-10,19,23-24,27H,2,11-17H2,1H3/t23-,24-/m1/s1.